The topological polar surface area (TPSA) is 351 Å². The highest BCUT2D eigenvalue weighted by Gasteiger charge is 2.56. The van der Waals surface area contributed by atoms with Gasteiger partial charge in [0.1, 0.15) is 43.2 Å². The molecule has 0 aromatic rings. The van der Waals surface area contributed by atoms with Crippen LogP contribution in [0.3, 0.4) is 0 Å². The number of unbranched alkanes of at least 4 members (excludes halogenated alkanes) is 18. The molecule has 0 aromatic carbocycles. The second-order valence-corrected chi connectivity index (χ2v) is 18.7. The van der Waals surface area contributed by atoms with E-state index in [1.54, 1.807) is 0 Å². The van der Waals surface area contributed by atoms with Gasteiger partial charge in [0.25, 0.3) is 0 Å². The highest BCUT2D eigenvalue weighted by molar-refractivity contribution is 7.47. The molecule has 0 bridgehead atoms. The van der Waals surface area contributed by atoms with Gasteiger partial charge in [-0.25, -0.2) is 13.7 Å². The molecular formula is C35H68N3O19P3. The summed E-state index contributed by atoms with van der Waals surface area (Å²) in [6.45, 7) is 1.11. The van der Waals surface area contributed by atoms with Gasteiger partial charge in [-0.2, -0.15) is 0 Å². The largest absolute Gasteiger partial charge is 0.472 e. The molecule has 0 amide bonds. The zero-order valence-corrected chi connectivity index (χ0v) is 37.2. The summed E-state index contributed by atoms with van der Waals surface area (Å²) >= 11 is 0. The molecule has 8 N–H and O–H groups in total. The Kier molecular flexibility index (Phi) is 29.5. The van der Waals surface area contributed by atoms with E-state index in [-0.39, 0.29) is 12.8 Å². The molecule has 0 heterocycles. The van der Waals surface area contributed by atoms with Gasteiger partial charge < -0.3 is 49.3 Å². The van der Waals surface area contributed by atoms with E-state index < -0.39 is 91.3 Å². The fraction of sp³-hybridized carbons (Fsp3) is 0.943. The molecule has 352 valence electrons. The average Bonchev–Trinajstić information content (AvgIpc) is 3.16. The molecule has 60 heavy (non-hydrogen) atoms. The first-order chi connectivity index (χ1) is 28.3. The van der Waals surface area contributed by atoms with Gasteiger partial charge in [0.05, 0.1) is 6.61 Å². The minimum atomic E-state index is -5.60. The Bertz CT molecular complexity index is 1400. The van der Waals surface area contributed by atoms with Crippen molar-refractivity contribution in [1.82, 2.24) is 0 Å². The molecule has 0 aliphatic heterocycles. The van der Waals surface area contributed by atoms with E-state index in [9.17, 15) is 63.1 Å². The maximum Gasteiger partial charge on any atom is 0.472 e. The van der Waals surface area contributed by atoms with Crippen molar-refractivity contribution in [2.75, 3.05) is 19.8 Å². The van der Waals surface area contributed by atoms with Gasteiger partial charge in [0.2, 0.25) is 0 Å². The zero-order valence-electron chi connectivity index (χ0n) is 34.5. The Morgan fingerprint density at radius 3 is 1.47 bits per heavy atom. The third-order valence-electron chi connectivity index (χ3n) is 9.63. The van der Waals surface area contributed by atoms with Crippen molar-refractivity contribution in [2.24, 2.45) is 5.11 Å². The third-order valence-corrected chi connectivity index (χ3v) is 11.7. The van der Waals surface area contributed by atoms with Gasteiger partial charge >= 0.3 is 35.4 Å². The quantitative estimate of drug-likeness (QED) is 0.00904. The first kappa shape index (κ1) is 56.5. The molecule has 0 spiro atoms. The van der Waals surface area contributed by atoms with Crippen LogP contribution in [-0.2, 0) is 50.9 Å². The van der Waals surface area contributed by atoms with Gasteiger partial charge in [0.15, 0.2) is 6.10 Å². The number of phosphoric ester groups is 3. The Morgan fingerprint density at radius 2 is 1.00 bits per heavy atom. The van der Waals surface area contributed by atoms with Gasteiger partial charge in [-0.15, -0.1) is 0 Å². The standard InChI is InChI=1S/C35H68N3O19P3/c1-2-3-4-5-6-7-8-9-10-11-13-17-20-23-29(40)54-27(25-52-28(39)22-19-16-14-12-15-18-21-24-37-38-36)26-53-60(50,51)57-33-30(41)31(42)34(55-58(44,45)46)35(32(33)43)56-59(47,48)49/h27,30-35,41-43H,2-26H2,1H3,(H,50,51)(H2,44,45,46)(H2,47,48,49)/t27-,30+,31-,32?,33?,34?,35+/m1/s1. The van der Waals surface area contributed by atoms with Crippen molar-refractivity contribution < 1.29 is 90.6 Å². The van der Waals surface area contributed by atoms with Gasteiger partial charge in [-0.1, -0.05) is 121 Å². The fourth-order valence-electron chi connectivity index (χ4n) is 6.50. The molecular weight excluding hydrogens is 859 g/mol. The number of hydrogen-bond acceptors (Lipinski definition) is 15. The van der Waals surface area contributed by atoms with Crippen LogP contribution >= 0.6 is 23.5 Å². The molecule has 1 saturated carbocycles. The highest BCUT2D eigenvalue weighted by atomic mass is 31.2. The highest BCUT2D eigenvalue weighted by Crippen LogP contribution is 2.51. The molecule has 0 radical (unpaired) electrons. The number of carbonyl (C=O) groups excluding carboxylic acids is 2. The van der Waals surface area contributed by atoms with Crippen molar-refractivity contribution in [3.05, 3.63) is 10.4 Å². The minimum Gasteiger partial charge on any atom is -0.462 e. The summed E-state index contributed by atoms with van der Waals surface area (Å²) < 4.78 is 65.0. The predicted molar refractivity (Wildman–Crippen MR) is 215 cm³/mol. The van der Waals surface area contributed by atoms with Crippen LogP contribution in [0.2, 0.25) is 0 Å². The second kappa shape index (κ2) is 31.3. The number of azide groups is 1. The van der Waals surface area contributed by atoms with E-state index in [1.807, 2.05) is 0 Å². The molecule has 4 unspecified atom stereocenters. The minimum absolute atomic E-state index is 0.0157. The molecule has 1 aliphatic rings. The second-order valence-electron chi connectivity index (χ2n) is 14.9. The predicted octanol–water partition coefficient (Wildman–Crippen LogP) is 5.91. The van der Waals surface area contributed by atoms with Crippen LogP contribution in [0.5, 0.6) is 0 Å². The van der Waals surface area contributed by atoms with Crippen molar-refractivity contribution in [3.8, 4) is 0 Å². The summed E-state index contributed by atoms with van der Waals surface area (Å²) in [6, 6.07) is 0. The lowest BCUT2D eigenvalue weighted by Crippen LogP contribution is -2.65. The fourth-order valence-corrected chi connectivity index (χ4v) is 8.60. The van der Waals surface area contributed by atoms with Gasteiger partial charge in [0, 0.05) is 24.3 Å². The Morgan fingerprint density at radius 1 is 0.583 bits per heavy atom. The SMILES string of the molecule is CCCCCCCCCCCCCCCC(=O)O[C@H](COC(=O)CCCCCCCCCN=[N+]=[N-])COP(=O)(O)OC1C(O)[C@H](OP(=O)(O)O)C(OP(=O)(O)O)[C@H](O)[C@@H]1O. The number of ether oxygens (including phenoxy) is 2. The number of nitrogens with zero attached hydrogens (tertiary/aromatic N) is 3. The van der Waals surface area contributed by atoms with Crippen LogP contribution in [0.1, 0.15) is 148 Å². The van der Waals surface area contributed by atoms with Crippen LogP contribution < -0.4 is 0 Å². The molecule has 22 nitrogen and oxygen atoms in total. The molecule has 1 fully saturated rings. The molecule has 0 aromatic heterocycles. The van der Waals surface area contributed by atoms with Crippen LogP contribution in [-0.4, -0.2) is 114 Å². The zero-order chi connectivity index (χ0) is 45.0. The monoisotopic (exact) mass is 927 g/mol. The van der Waals surface area contributed by atoms with E-state index in [2.05, 4.69) is 26.0 Å². The van der Waals surface area contributed by atoms with Crippen LogP contribution in [0, 0.1) is 0 Å². The number of aliphatic hydroxyl groups excluding tert-OH is 3. The summed E-state index contributed by atoms with van der Waals surface area (Å²) in [5.74, 6) is -1.36. The number of hydrogen-bond donors (Lipinski definition) is 8. The summed E-state index contributed by atoms with van der Waals surface area (Å²) in [4.78, 5) is 75.4. The Balaban J connectivity index is 2.79. The summed E-state index contributed by atoms with van der Waals surface area (Å²) in [5, 5.41) is 35.2. The molecule has 1 aliphatic carbocycles. The van der Waals surface area contributed by atoms with Gasteiger partial charge in [-0.05, 0) is 24.8 Å². The Hall–Kier alpha value is -1.54. The molecule has 25 heteroatoms. The number of rotatable bonds is 36. The van der Waals surface area contributed by atoms with Crippen LogP contribution in [0.25, 0.3) is 10.4 Å². The number of aliphatic hydroxyl groups is 3. The van der Waals surface area contributed by atoms with E-state index >= 15 is 0 Å². The van der Waals surface area contributed by atoms with Crippen molar-refractivity contribution in [2.45, 2.75) is 191 Å². The van der Waals surface area contributed by atoms with E-state index in [0.29, 0.717) is 19.4 Å². The average molecular weight is 928 g/mol. The molecule has 8 atom stereocenters. The van der Waals surface area contributed by atoms with Gasteiger partial charge in [-0.3, -0.25) is 27.7 Å². The maximum absolute atomic E-state index is 13.0. The lowest BCUT2D eigenvalue weighted by molar-refractivity contribution is -0.213. The van der Waals surface area contributed by atoms with Crippen molar-refractivity contribution in [1.29, 1.82) is 0 Å². The Labute approximate surface area is 351 Å². The van der Waals surface area contributed by atoms with Crippen molar-refractivity contribution >= 4 is 35.4 Å². The number of esters is 2. The first-order valence-electron chi connectivity index (χ1n) is 20.8. The van der Waals surface area contributed by atoms with E-state index in [0.717, 1.165) is 70.6 Å². The summed E-state index contributed by atoms with van der Waals surface area (Å²) in [6.07, 6.45) is 3.43. The third kappa shape index (κ3) is 27.5. The number of phosphoric acid groups is 3. The first-order valence-corrected chi connectivity index (χ1v) is 25.4. The lowest BCUT2D eigenvalue weighted by atomic mass is 9.85. The van der Waals surface area contributed by atoms with Crippen LogP contribution in [0.4, 0.5) is 0 Å². The molecule has 1 rings (SSSR count). The smallest absolute Gasteiger partial charge is 0.462 e. The summed E-state index contributed by atoms with van der Waals surface area (Å²) in [7, 11) is -16.6. The van der Waals surface area contributed by atoms with Crippen LogP contribution in [0.15, 0.2) is 5.11 Å². The van der Waals surface area contributed by atoms with Crippen molar-refractivity contribution in [3.63, 3.8) is 0 Å². The lowest BCUT2D eigenvalue weighted by Gasteiger charge is -2.44. The maximum atomic E-state index is 13.0. The normalized spacial score (nSPS) is 22.4. The summed E-state index contributed by atoms with van der Waals surface area (Å²) in [5.41, 5.74) is 8.32. The molecule has 0 saturated heterocycles. The van der Waals surface area contributed by atoms with E-state index in [1.165, 1.54) is 44.9 Å². The number of carbonyl (C=O) groups is 2. The van der Waals surface area contributed by atoms with E-state index in [4.69, 9.17) is 24.1 Å².